The Morgan fingerprint density at radius 3 is 2.75 bits per heavy atom. The van der Waals surface area contributed by atoms with Crippen molar-refractivity contribution < 1.29 is 8.83 Å². The fourth-order valence-corrected chi connectivity index (χ4v) is 3.69. The van der Waals surface area contributed by atoms with Crippen molar-refractivity contribution in [3.8, 4) is 11.1 Å². The largest absolute Gasteiger partial charge is 0.463 e. The summed E-state index contributed by atoms with van der Waals surface area (Å²) in [6, 6.07) is 11.7. The highest BCUT2D eigenvalue weighted by Gasteiger charge is 2.21. The number of aromatic amines is 2. The van der Waals surface area contributed by atoms with Crippen LogP contribution in [0.2, 0.25) is 0 Å². The molecule has 134 valence electrons. The fraction of sp³-hybridized carbons (Fsp3) is 0. The van der Waals surface area contributed by atoms with Gasteiger partial charge in [-0.1, -0.05) is 12.1 Å². The van der Waals surface area contributed by atoms with Crippen LogP contribution < -0.4 is 10.9 Å². The third kappa shape index (κ3) is 1.90. The minimum Gasteiger partial charge on any atom is -0.463 e. The molecular weight excluding hydrogens is 358 g/mol. The lowest BCUT2D eigenvalue weighted by atomic mass is 10.0. The summed E-state index contributed by atoms with van der Waals surface area (Å²) in [5.41, 5.74) is 3.14. The van der Waals surface area contributed by atoms with Gasteiger partial charge >= 0.3 is 0 Å². The third-order valence-corrected chi connectivity index (χ3v) is 4.97. The lowest BCUT2D eigenvalue weighted by Gasteiger charge is -2.05. The smallest absolute Gasteiger partial charge is 0.200 e. The van der Waals surface area contributed by atoms with Gasteiger partial charge < -0.3 is 13.9 Å². The zero-order valence-corrected chi connectivity index (χ0v) is 14.3. The molecule has 0 atom stereocenters. The molecule has 4 heterocycles. The molecule has 0 radical (unpaired) electrons. The van der Waals surface area contributed by atoms with E-state index in [4.69, 9.17) is 8.83 Å². The van der Waals surface area contributed by atoms with E-state index in [0.717, 1.165) is 0 Å². The average molecular weight is 369 g/mol. The Morgan fingerprint density at radius 1 is 0.929 bits per heavy atom. The number of furan rings is 1. The molecule has 6 rings (SSSR count). The lowest BCUT2D eigenvalue weighted by molar-refractivity contribution is 0.604. The molecule has 0 unspecified atom stereocenters. The van der Waals surface area contributed by atoms with Crippen LogP contribution in [-0.2, 0) is 0 Å². The molecule has 2 aromatic carbocycles. The Hall–Kier alpha value is -4.13. The summed E-state index contributed by atoms with van der Waals surface area (Å²) in [4.78, 5) is 29.6. The first-order valence-corrected chi connectivity index (χ1v) is 8.63. The van der Waals surface area contributed by atoms with E-state index in [1.165, 1.54) is 18.4 Å². The van der Waals surface area contributed by atoms with Crippen LogP contribution in [0.3, 0.4) is 0 Å². The van der Waals surface area contributed by atoms with E-state index >= 15 is 0 Å². The molecule has 0 bridgehead atoms. The van der Waals surface area contributed by atoms with E-state index in [-0.39, 0.29) is 10.9 Å². The number of nitrogens with zero attached hydrogens (tertiary/aromatic N) is 1. The summed E-state index contributed by atoms with van der Waals surface area (Å²) >= 11 is 0. The van der Waals surface area contributed by atoms with Crippen LogP contribution in [0.4, 0.5) is 0 Å². The molecule has 28 heavy (non-hydrogen) atoms. The normalized spacial score (nSPS) is 11.9. The Morgan fingerprint density at radius 2 is 1.82 bits per heavy atom. The van der Waals surface area contributed by atoms with Crippen molar-refractivity contribution in [3.05, 3.63) is 75.4 Å². The van der Waals surface area contributed by atoms with Crippen molar-refractivity contribution in [2.75, 3.05) is 0 Å². The summed E-state index contributed by atoms with van der Waals surface area (Å²) in [6.07, 6.45) is 3.16. The molecular formula is C21H11N3O4. The van der Waals surface area contributed by atoms with Crippen molar-refractivity contribution in [3.63, 3.8) is 0 Å². The summed E-state index contributed by atoms with van der Waals surface area (Å²) < 4.78 is 11.7. The SMILES string of the molecule is O=c1ccc2c(c1)oc1c(-c3coc4ccccc4c3=O)c3c[nH][nH]c3nc12. The number of hydrogen-bond acceptors (Lipinski definition) is 5. The molecule has 0 spiro atoms. The molecule has 0 fully saturated rings. The summed E-state index contributed by atoms with van der Waals surface area (Å²) in [7, 11) is 0. The Kier molecular flexibility index (Phi) is 2.78. The number of pyridine rings is 1. The topological polar surface area (TPSA) is 105 Å². The maximum atomic E-state index is 13.2. The number of hydrogen-bond donors (Lipinski definition) is 2. The minimum absolute atomic E-state index is 0.155. The molecule has 6 aromatic rings. The molecule has 7 nitrogen and oxygen atoms in total. The monoisotopic (exact) mass is 369 g/mol. The van der Waals surface area contributed by atoms with Crippen LogP contribution in [-0.4, -0.2) is 15.2 Å². The van der Waals surface area contributed by atoms with Gasteiger partial charge in [-0.2, -0.15) is 0 Å². The molecule has 0 aliphatic carbocycles. The Balaban J connectivity index is 1.85. The van der Waals surface area contributed by atoms with E-state index in [9.17, 15) is 9.59 Å². The highest BCUT2D eigenvalue weighted by Crippen LogP contribution is 2.37. The van der Waals surface area contributed by atoms with E-state index in [1.807, 2.05) is 6.07 Å². The molecule has 4 aromatic heterocycles. The number of nitrogens with one attached hydrogen (secondary N) is 2. The zero-order chi connectivity index (χ0) is 18.8. The van der Waals surface area contributed by atoms with Crippen molar-refractivity contribution in [2.24, 2.45) is 0 Å². The van der Waals surface area contributed by atoms with E-state index in [1.54, 1.807) is 30.5 Å². The first kappa shape index (κ1) is 15.0. The summed E-state index contributed by atoms with van der Waals surface area (Å²) in [6.45, 7) is 0. The number of para-hydroxylation sites is 1. The molecule has 0 saturated heterocycles. The van der Waals surface area contributed by atoms with Gasteiger partial charge in [-0.3, -0.25) is 14.7 Å². The average Bonchev–Trinajstić information content (AvgIpc) is 3.31. The van der Waals surface area contributed by atoms with Gasteiger partial charge in [0, 0.05) is 28.6 Å². The van der Waals surface area contributed by atoms with Gasteiger partial charge in [0.05, 0.1) is 10.9 Å². The van der Waals surface area contributed by atoms with E-state index in [0.29, 0.717) is 55.2 Å². The van der Waals surface area contributed by atoms with Gasteiger partial charge in [-0.25, -0.2) is 4.98 Å². The second-order valence-corrected chi connectivity index (χ2v) is 6.58. The summed E-state index contributed by atoms with van der Waals surface area (Å²) in [5, 5.41) is 7.77. The lowest BCUT2D eigenvalue weighted by Crippen LogP contribution is -2.05. The number of rotatable bonds is 1. The fourth-order valence-electron chi connectivity index (χ4n) is 3.69. The van der Waals surface area contributed by atoms with E-state index in [2.05, 4.69) is 15.2 Å². The van der Waals surface area contributed by atoms with Crippen LogP contribution in [0.25, 0.3) is 55.2 Å². The Labute approximate surface area is 155 Å². The quantitative estimate of drug-likeness (QED) is 0.457. The minimum atomic E-state index is -0.165. The highest BCUT2D eigenvalue weighted by atomic mass is 16.3. The second kappa shape index (κ2) is 5.20. The Bertz CT molecular complexity index is 1670. The van der Waals surface area contributed by atoms with Gasteiger partial charge in [0.2, 0.25) is 5.43 Å². The van der Waals surface area contributed by atoms with Crippen molar-refractivity contribution in [1.82, 2.24) is 15.2 Å². The molecule has 0 amide bonds. The molecule has 2 N–H and O–H groups in total. The first-order valence-electron chi connectivity index (χ1n) is 8.63. The standard InChI is InChI=1S/C21H11N3O4/c25-10-5-6-11-16(7-10)28-20-17(13-8-22-24-21(13)23-18(11)20)14-9-27-15-4-2-1-3-12(15)19(14)26/h1-9H,(H2,22,23,24). The highest BCUT2D eigenvalue weighted by molar-refractivity contribution is 6.14. The predicted octanol–water partition coefficient (Wildman–Crippen LogP) is 3.92. The predicted molar refractivity (Wildman–Crippen MR) is 105 cm³/mol. The first-order chi connectivity index (χ1) is 13.7. The van der Waals surface area contributed by atoms with Crippen LogP contribution >= 0.6 is 0 Å². The number of fused-ring (bicyclic) bond motifs is 5. The van der Waals surface area contributed by atoms with Gasteiger partial charge in [0.15, 0.2) is 16.7 Å². The molecule has 0 aliphatic rings. The van der Waals surface area contributed by atoms with Gasteiger partial charge in [-0.15, -0.1) is 0 Å². The maximum Gasteiger partial charge on any atom is 0.200 e. The van der Waals surface area contributed by atoms with Gasteiger partial charge in [-0.05, 0) is 24.3 Å². The van der Waals surface area contributed by atoms with Crippen LogP contribution in [0.1, 0.15) is 0 Å². The molecule has 0 aliphatic heterocycles. The van der Waals surface area contributed by atoms with Gasteiger partial charge in [0.25, 0.3) is 0 Å². The molecule has 7 heteroatoms. The second-order valence-electron chi connectivity index (χ2n) is 6.58. The van der Waals surface area contributed by atoms with Crippen molar-refractivity contribution in [1.29, 1.82) is 0 Å². The number of benzene rings is 2. The number of H-pyrrole nitrogens is 2. The number of aromatic nitrogens is 3. The zero-order valence-electron chi connectivity index (χ0n) is 14.3. The van der Waals surface area contributed by atoms with Crippen LogP contribution in [0.5, 0.6) is 0 Å². The summed E-state index contributed by atoms with van der Waals surface area (Å²) in [5.74, 6) is 0. The van der Waals surface area contributed by atoms with Crippen LogP contribution in [0, 0.1) is 0 Å². The third-order valence-electron chi connectivity index (χ3n) is 4.97. The maximum absolute atomic E-state index is 13.2. The van der Waals surface area contributed by atoms with Crippen LogP contribution in [0.15, 0.2) is 73.3 Å². The molecule has 0 saturated carbocycles. The van der Waals surface area contributed by atoms with Gasteiger partial charge in [0.1, 0.15) is 22.9 Å². The van der Waals surface area contributed by atoms with E-state index < -0.39 is 0 Å². The van der Waals surface area contributed by atoms with Crippen molar-refractivity contribution in [2.45, 2.75) is 0 Å². The van der Waals surface area contributed by atoms with Crippen molar-refractivity contribution >= 4 is 44.1 Å².